The van der Waals surface area contributed by atoms with Crippen LogP contribution in [0.4, 0.5) is 0 Å². The van der Waals surface area contributed by atoms with Crippen molar-refractivity contribution in [2.45, 2.75) is 88.9 Å². The zero-order valence-corrected chi connectivity index (χ0v) is 20.3. The fourth-order valence-electron chi connectivity index (χ4n) is 5.98. The van der Waals surface area contributed by atoms with E-state index in [2.05, 4.69) is 23.2 Å². The Kier molecular flexibility index (Phi) is 7.90. The number of hydrogen-bond acceptors (Lipinski definition) is 5. The number of nitrogens with one attached hydrogen (secondary N) is 1. The molecule has 2 amide bonds. The second-order valence-electron chi connectivity index (χ2n) is 10.3. The molecule has 0 radical (unpaired) electrons. The maximum absolute atomic E-state index is 13.7. The Morgan fingerprint density at radius 3 is 2.44 bits per heavy atom. The van der Waals surface area contributed by atoms with Gasteiger partial charge >= 0.3 is 0 Å². The molecule has 3 aliphatic rings. The maximum Gasteiger partial charge on any atom is 0.248 e. The van der Waals surface area contributed by atoms with Crippen LogP contribution in [0.25, 0.3) is 0 Å². The van der Waals surface area contributed by atoms with Crippen molar-refractivity contribution in [2.75, 3.05) is 19.6 Å². The van der Waals surface area contributed by atoms with E-state index < -0.39 is 17.7 Å². The smallest absolute Gasteiger partial charge is 0.248 e. The van der Waals surface area contributed by atoms with Crippen LogP contribution < -0.4 is 5.32 Å². The highest BCUT2D eigenvalue weighted by molar-refractivity contribution is 6.00. The van der Waals surface area contributed by atoms with Crippen molar-refractivity contribution in [1.82, 2.24) is 15.1 Å². The average Bonchev–Trinajstić information content (AvgIpc) is 2.88. The Morgan fingerprint density at radius 2 is 1.82 bits per heavy atom. The van der Waals surface area contributed by atoms with Crippen LogP contribution in [-0.4, -0.2) is 64.0 Å². The summed E-state index contributed by atoms with van der Waals surface area (Å²) in [5.41, 5.74) is 0.962. The SMILES string of the molecule is CCCCN1C(=O)[C@@H]([C@H](O)C2CCCCC2)NC(=O)C12CCN(Cc1ccc(C#N)cc1)CC2. The molecule has 4 rings (SSSR count). The third kappa shape index (κ3) is 4.99. The van der Waals surface area contributed by atoms with E-state index in [1.54, 1.807) is 0 Å². The summed E-state index contributed by atoms with van der Waals surface area (Å²) in [4.78, 5) is 31.4. The van der Waals surface area contributed by atoms with Gasteiger partial charge in [-0.1, -0.05) is 44.7 Å². The first-order valence-electron chi connectivity index (χ1n) is 13.0. The summed E-state index contributed by atoms with van der Waals surface area (Å²) >= 11 is 0. The van der Waals surface area contributed by atoms with Crippen LogP contribution in [0.3, 0.4) is 0 Å². The average molecular weight is 467 g/mol. The predicted molar refractivity (Wildman–Crippen MR) is 130 cm³/mol. The number of nitriles is 1. The number of carbonyl (C=O) groups is 2. The van der Waals surface area contributed by atoms with Gasteiger partial charge in [0, 0.05) is 26.2 Å². The standard InChI is InChI=1S/C27H38N4O3/c1-2-3-15-31-25(33)23(24(32)22-7-5-4-6-8-22)29-26(34)27(31)13-16-30(17-14-27)19-21-11-9-20(18-28)10-12-21/h9-12,22-24,32H,2-8,13-17,19H2,1H3,(H,29,34)/t23-,24-/m1/s1. The van der Waals surface area contributed by atoms with Gasteiger partial charge in [0.05, 0.1) is 17.7 Å². The van der Waals surface area contributed by atoms with Gasteiger partial charge < -0.3 is 15.3 Å². The number of piperazine rings is 1. The van der Waals surface area contributed by atoms with Gasteiger partial charge in [-0.3, -0.25) is 14.5 Å². The lowest BCUT2D eigenvalue weighted by Gasteiger charge is -2.52. The van der Waals surface area contributed by atoms with Gasteiger partial charge in [-0.05, 0) is 55.7 Å². The number of aliphatic hydroxyl groups is 1. The summed E-state index contributed by atoms with van der Waals surface area (Å²) in [6, 6.07) is 8.94. The van der Waals surface area contributed by atoms with E-state index in [0.29, 0.717) is 24.9 Å². The monoisotopic (exact) mass is 466 g/mol. The molecule has 2 atom stereocenters. The third-order valence-electron chi connectivity index (χ3n) is 8.14. The van der Waals surface area contributed by atoms with Crippen molar-refractivity contribution >= 4 is 11.8 Å². The molecule has 2 saturated heterocycles. The molecule has 7 nitrogen and oxygen atoms in total. The van der Waals surface area contributed by atoms with Gasteiger partial charge in [-0.25, -0.2) is 0 Å². The molecule has 34 heavy (non-hydrogen) atoms. The third-order valence-corrected chi connectivity index (χ3v) is 8.14. The van der Waals surface area contributed by atoms with Crippen LogP contribution in [0.1, 0.15) is 75.8 Å². The maximum atomic E-state index is 13.7. The van der Waals surface area contributed by atoms with Crippen LogP contribution in [0.2, 0.25) is 0 Å². The molecule has 2 N–H and O–H groups in total. The van der Waals surface area contributed by atoms with Crippen molar-refractivity contribution < 1.29 is 14.7 Å². The van der Waals surface area contributed by atoms with E-state index >= 15 is 0 Å². The summed E-state index contributed by atoms with van der Waals surface area (Å²) in [6.45, 7) is 4.86. The van der Waals surface area contributed by atoms with Gasteiger partial charge in [0.15, 0.2) is 0 Å². The number of piperidine rings is 1. The summed E-state index contributed by atoms with van der Waals surface area (Å²) in [7, 11) is 0. The van der Waals surface area contributed by atoms with Crippen molar-refractivity contribution in [3.8, 4) is 6.07 Å². The van der Waals surface area contributed by atoms with Gasteiger partial charge in [-0.2, -0.15) is 5.26 Å². The topological polar surface area (TPSA) is 96.7 Å². The quantitative estimate of drug-likeness (QED) is 0.644. The molecule has 1 aromatic carbocycles. The Labute approximate surface area is 203 Å². The second kappa shape index (κ2) is 10.9. The van der Waals surface area contributed by atoms with E-state index in [9.17, 15) is 14.7 Å². The van der Waals surface area contributed by atoms with E-state index in [1.165, 1.54) is 6.42 Å². The number of amides is 2. The second-order valence-corrected chi connectivity index (χ2v) is 10.3. The molecule has 0 unspecified atom stereocenters. The largest absolute Gasteiger partial charge is 0.390 e. The van der Waals surface area contributed by atoms with Gasteiger partial charge in [0.25, 0.3) is 0 Å². The van der Waals surface area contributed by atoms with E-state index in [4.69, 9.17) is 5.26 Å². The van der Waals surface area contributed by atoms with Crippen LogP contribution in [0, 0.1) is 17.2 Å². The molecular weight excluding hydrogens is 428 g/mol. The number of likely N-dealkylation sites (tertiary alicyclic amines) is 1. The molecule has 3 fully saturated rings. The molecule has 7 heteroatoms. The van der Waals surface area contributed by atoms with Crippen molar-refractivity contribution in [2.24, 2.45) is 5.92 Å². The number of hydrogen-bond donors (Lipinski definition) is 2. The minimum absolute atomic E-state index is 0.0827. The summed E-state index contributed by atoms with van der Waals surface area (Å²) in [5.74, 6) is -0.118. The van der Waals surface area contributed by atoms with Crippen LogP contribution in [0.15, 0.2) is 24.3 Å². The van der Waals surface area contributed by atoms with Gasteiger partial charge in [-0.15, -0.1) is 0 Å². The molecule has 1 aliphatic carbocycles. The van der Waals surface area contributed by atoms with Crippen molar-refractivity contribution in [3.63, 3.8) is 0 Å². The van der Waals surface area contributed by atoms with Crippen LogP contribution in [0.5, 0.6) is 0 Å². The molecule has 2 heterocycles. The minimum atomic E-state index is -0.824. The zero-order valence-electron chi connectivity index (χ0n) is 20.3. The van der Waals surface area contributed by atoms with Crippen LogP contribution in [-0.2, 0) is 16.1 Å². The lowest BCUT2D eigenvalue weighted by atomic mass is 9.78. The molecule has 2 aliphatic heterocycles. The molecule has 1 saturated carbocycles. The molecular formula is C27H38N4O3. The number of aliphatic hydroxyl groups excluding tert-OH is 1. The van der Waals surface area contributed by atoms with E-state index in [1.807, 2.05) is 29.2 Å². The lowest BCUT2D eigenvalue weighted by Crippen LogP contribution is -2.75. The Balaban J connectivity index is 1.46. The number of rotatable bonds is 7. The highest BCUT2D eigenvalue weighted by atomic mass is 16.3. The first-order chi connectivity index (χ1) is 16.5. The molecule has 1 aromatic rings. The number of benzene rings is 1. The molecule has 184 valence electrons. The van der Waals surface area contributed by atoms with Gasteiger partial charge in [0.1, 0.15) is 11.6 Å². The minimum Gasteiger partial charge on any atom is -0.390 e. The Bertz CT molecular complexity index is 895. The summed E-state index contributed by atoms with van der Waals surface area (Å²) in [5, 5.41) is 23.1. The molecule has 0 bridgehead atoms. The first-order valence-corrected chi connectivity index (χ1v) is 13.0. The molecule has 0 aromatic heterocycles. The number of nitrogens with zero attached hydrogens (tertiary/aromatic N) is 3. The first kappa shape index (κ1) is 24.7. The zero-order chi connectivity index (χ0) is 24.1. The highest BCUT2D eigenvalue weighted by Crippen LogP contribution is 2.36. The summed E-state index contributed by atoms with van der Waals surface area (Å²) in [6.07, 6.45) is 7.35. The van der Waals surface area contributed by atoms with E-state index in [-0.39, 0.29) is 17.7 Å². The van der Waals surface area contributed by atoms with E-state index in [0.717, 1.165) is 63.7 Å². The van der Waals surface area contributed by atoms with Crippen LogP contribution >= 0.6 is 0 Å². The lowest BCUT2D eigenvalue weighted by molar-refractivity contribution is -0.166. The highest BCUT2D eigenvalue weighted by Gasteiger charge is 2.55. The number of unbranched alkanes of at least 4 members (excludes halogenated alkanes) is 1. The fourth-order valence-corrected chi connectivity index (χ4v) is 5.98. The number of carbonyl (C=O) groups excluding carboxylic acids is 2. The van der Waals surface area contributed by atoms with Crippen molar-refractivity contribution in [3.05, 3.63) is 35.4 Å². The van der Waals surface area contributed by atoms with Crippen molar-refractivity contribution in [1.29, 1.82) is 5.26 Å². The molecule has 1 spiro atoms. The Hall–Kier alpha value is -2.43. The fraction of sp³-hybridized carbons (Fsp3) is 0.667. The predicted octanol–water partition coefficient (Wildman–Crippen LogP) is 2.96. The Morgan fingerprint density at radius 1 is 1.15 bits per heavy atom. The summed E-state index contributed by atoms with van der Waals surface area (Å²) < 4.78 is 0. The van der Waals surface area contributed by atoms with Gasteiger partial charge in [0.2, 0.25) is 11.8 Å². The normalized spacial score (nSPS) is 24.6.